The second-order valence-electron chi connectivity index (χ2n) is 3.66. The van der Waals surface area contributed by atoms with Gasteiger partial charge in [0.05, 0.1) is 5.69 Å². The lowest BCUT2D eigenvalue weighted by molar-refractivity contribution is 0.256. The molecule has 0 aliphatic rings. The van der Waals surface area contributed by atoms with Crippen LogP contribution in [-0.2, 0) is 10.1 Å². The molecular formula is C9H14FN3O2S. The zero-order chi connectivity index (χ0) is 12.3. The van der Waals surface area contributed by atoms with Crippen LogP contribution in [0.15, 0.2) is 18.2 Å². The number of carbonyl (C=O) groups is 1. The summed E-state index contributed by atoms with van der Waals surface area (Å²) in [6.45, 7) is 0. The van der Waals surface area contributed by atoms with E-state index >= 15 is 0 Å². The first-order chi connectivity index (χ1) is 7.28. The van der Waals surface area contributed by atoms with Crippen LogP contribution in [0, 0.1) is 5.82 Å². The van der Waals surface area contributed by atoms with E-state index in [9.17, 15) is 13.4 Å². The molecule has 0 aliphatic carbocycles. The van der Waals surface area contributed by atoms with Crippen molar-refractivity contribution >= 4 is 27.5 Å². The Morgan fingerprint density at radius 2 is 2.06 bits per heavy atom. The Labute approximate surface area is 93.8 Å². The summed E-state index contributed by atoms with van der Waals surface area (Å²) in [6, 6.07) is 3.08. The molecule has 0 saturated carbocycles. The third-order valence-electron chi connectivity index (χ3n) is 1.61. The van der Waals surface area contributed by atoms with Gasteiger partial charge in [0, 0.05) is 18.2 Å². The number of benzene rings is 1. The third kappa shape index (κ3) is 3.85. The van der Waals surface area contributed by atoms with E-state index in [1.165, 1.54) is 24.6 Å². The van der Waals surface area contributed by atoms with Crippen molar-refractivity contribution in [2.45, 2.75) is 0 Å². The topological polar surface area (TPSA) is 84.2 Å². The van der Waals surface area contributed by atoms with Crippen LogP contribution < -0.4 is 15.8 Å². The van der Waals surface area contributed by atoms with E-state index in [-0.39, 0.29) is 5.69 Å². The van der Waals surface area contributed by atoms with Crippen molar-refractivity contribution in [3.63, 3.8) is 0 Å². The number of halogens is 1. The summed E-state index contributed by atoms with van der Waals surface area (Å²) in [6.07, 6.45) is 2.78. The van der Waals surface area contributed by atoms with Crippen molar-refractivity contribution in [1.29, 1.82) is 0 Å². The molecule has 16 heavy (non-hydrogen) atoms. The molecule has 1 rings (SSSR count). The Bertz CT molecular complexity index is 458. The number of hydrogen-bond donors (Lipinski definition) is 4. The number of rotatable bonds is 2. The van der Waals surface area contributed by atoms with Crippen LogP contribution >= 0.6 is 0 Å². The first kappa shape index (κ1) is 12.4. The quantitative estimate of drug-likeness (QED) is 0.459. The fraction of sp³-hybridized carbons (Fsp3) is 0.222. The van der Waals surface area contributed by atoms with Gasteiger partial charge in [-0.3, -0.25) is 8.93 Å². The Morgan fingerprint density at radius 3 is 2.62 bits per heavy atom. The fourth-order valence-electron chi connectivity index (χ4n) is 1.03. The number of nitrogens with two attached hydrogens (primary N) is 1. The predicted molar refractivity (Wildman–Crippen MR) is 64.4 cm³/mol. The van der Waals surface area contributed by atoms with Crippen molar-refractivity contribution in [1.82, 2.24) is 4.72 Å². The van der Waals surface area contributed by atoms with Crippen LogP contribution in [0.5, 0.6) is 0 Å². The molecule has 0 saturated heterocycles. The van der Waals surface area contributed by atoms with Gasteiger partial charge in [0.2, 0.25) is 0 Å². The van der Waals surface area contributed by atoms with Gasteiger partial charge in [0.25, 0.3) is 0 Å². The van der Waals surface area contributed by atoms with Crippen molar-refractivity contribution in [3.8, 4) is 0 Å². The maximum atomic E-state index is 13.2. The summed E-state index contributed by atoms with van der Waals surface area (Å²) in [5, 5.41) is 2.23. The lowest BCUT2D eigenvalue weighted by Gasteiger charge is -2.15. The summed E-state index contributed by atoms with van der Waals surface area (Å²) in [4.78, 5) is 11.3. The summed E-state index contributed by atoms with van der Waals surface area (Å²) < 4.78 is 26.7. The maximum Gasteiger partial charge on any atom is 0.329 e. The molecule has 4 N–H and O–H groups in total. The smallest absolute Gasteiger partial charge is 0.329 e. The van der Waals surface area contributed by atoms with E-state index in [0.717, 1.165) is 6.07 Å². The number of thiol groups is 1. The minimum Gasteiger partial charge on any atom is -0.399 e. The number of urea groups is 1. The molecule has 0 radical (unpaired) electrons. The third-order valence-corrected chi connectivity index (χ3v) is 2.35. The summed E-state index contributed by atoms with van der Waals surface area (Å²) in [5.74, 6) is -0.605. The molecule has 1 aromatic carbocycles. The van der Waals surface area contributed by atoms with Gasteiger partial charge < -0.3 is 11.1 Å². The highest BCUT2D eigenvalue weighted by atomic mass is 32.3. The monoisotopic (exact) mass is 247 g/mol. The van der Waals surface area contributed by atoms with E-state index in [1.807, 2.05) is 0 Å². The zero-order valence-corrected chi connectivity index (χ0v) is 9.85. The molecule has 0 aromatic heterocycles. The average Bonchev–Trinajstić information content (AvgIpc) is 2.08. The Morgan fingerprint density at radius 1 is 1.44 bits per heavy atom. The second kappa shape index (κ2) is 4.48. The average molecular weight is 247 g/mol. The number of nitrogens with one attached hydrogen (secondary N) is 2. The van der Waals surface area contributed by atoms with Crippen LogP contribution in [0.1, 0.15) is 0 Å². The second-order valence-corrected chi connectivity index (χ2v) is 6.58. The molecule has 1 aromatic rings. The number of hydrogen-bond acceptors (Lipinski definition) is 3. The van der Waals surface area contributed by atoms with Crippen LogP contribution in [0.3, 0.4) is 0 Å². The molecule has 90 valence electrons. The zero-order valence-electron chi connectivity index (χ0n) is 8.95. The Hall–Kier alpha value is -1.63. The summed E-state index contributed by atoms with van der Waals surface area (Å²) >= 11 is 0. The van der Waals surface area contributed by atoms with Gasteiger partial charge >= 0.3 is 6.03 Å². The molecule has 0 bridgehead atoms. The van der Waals surface area contributed by atoms with Gasteiger partial charge in [-0.25, -0.2) is 9.18 Å². The lowest BCUT2D eigenvalue weighted by Crippen LogP contribution is -2.37. The van der Waals surface area contributed by atoms with Gasteiger partial charge in [-0.2, -0.15) is 0 Å². The Kier molecular flexibility index (Phi) is 3.48. The SMILES string of the molecule is C[SH](C)(=O)NC(=O)Nc1cc(N)ccc1F. The van der Waals surface area contributed by atoms with Gasteiger partial charge in [-0.1, -0.05) is 0 Å². The van der Waals surface area contributed by atoms with Gasteiger partial charge in [0.15, 0.2) is 0 Å². The van der Waals surface area contributed by atoms with Crippen molar-refractivity contribution in [2.75, 3.05) is 23.6 Å². The minimum absolute atomic E-state index is 0.0500. The van der Waals surface area contributed by atoms with Crippen molar-refractivity contribution in [3.05, 3.63) is 24.0 Å². The number of anilines is 2. The van der Waals surface area contributed by atoms with Crippen molar-refractivity contribution < 1.29 is 13.4 Å². The fourth-order valence-corrected chi connectivity index (χ4v) is 1.58. The largest absolute Gasteiger partial charge is 0.399 e. The first-order valence-electron chi connectivity index (χ1n) is 4.47. The van der Waals surface area contributed by atoms with E-state index in [4.69, 9.17) is 5.73 Å². The highest BCUT2D eigenvalue weighted by Gasteiger charge is 2.09. The van der Waals surface area contributed by atoms with Crippen LogP contribution in [0.25, 0.3) is 0 Å². The molecule has 0 atom stereocenters. The van der Waals surface area contributed by atoms with E-state index < -0.39 is 22.0 Å². The number of nitrogen functional groups attached to an aromatic ring is 1. The van der Waals surface area contributed by atoms with Crippen LogP contribution in [0.4, 0.5) is 20.6 Å². The maximum absolute atomic E-state index is 13.2. The molecule has 0 fully saturated rings. The lowest BCUT2D eigenvalue weighted by atomic mass is 10.3. The highest BCUT2D eigenvalue weighted by Crippen LogP contribution is 2.17. The molecule has 5 nitrogen and oxygen atoms in total. The molecular weight excluding hydrogens is 233 g/mol. The number of amides is 2. The Balaban J connectivity index is 2.77. The predicted octanol–water partition coefficient (Wildman–Crippen LogP) is 0.721. The molecule has 0 unspecified atom stereocenters. The van der Waals surface area contributed by atoms with Crippen LogP contribution in [-0.4, -0.2) is 22.8 Å². The molecule has 0 heterocycles. The summed E-state index contributed by atoms with van der Waals surface area (Å²) in [7, 11) is -2.70. The first-order valence-corrected chi connectivity index (χ1v) is 7.07. The molecule has 0 spiro atoms. The van der Waals surface area contributed by atoms with Gasteiger partial charge in [-0.15, -0.1) is 0 Å². The highest BCUT2D eigenvalue weighted by molar-refractivity contribution is 8.00. The van der Waals surface area contributed by atoms with Gasteiger partial charge in [0.1, 0.15) is 5.82 Å². The van der Waals surface area contributed by atoms with Crippen molar-refractivity contribution in [2.24, 2.45) is 0 Å². The minimum atomic E-state index is -2.70. The standard InChI is InChI=1S/C9H14FN3O2S/c1-16(2,15)13-9(14)12-8-5-6(11)3-4-7(8)10/h3-5,16H,11H2,1-2H3,(H2,12,13,14,15). The van der Waals surface area contributed by atoms with Crippen LogP contribution in [0.2, 0.25) is 0 Å². The molecule has 0 aliphatic heterocycles. The normalized spacial score (nSPS) is 11.9. The van der Waals surface area contributed by atoms with Gasteiger partial charge in [-0.05, 0) is 28.3 Å². The molecule has 2 amide bonds. The van der Waals surface area contributed by atoms with E-state index in [1.54, 1.807) is 0 Å². The van der Waals surface area contributed by atoms with E-state index in [0.29, 0.717) is 5.69 Å². The number of carbonyl (C=O) groups excluding carboxylic acids is 1. The van der Waals surface area contributed by atoms with E-state index in [2.05, 4.69) is 10.0 Å². The molecule has 7 heteroatoms. The summed E-state index contributed by atoms with van der Waals surface area (Å²) in [5.41, 5.74) is 5.71.